The molecule has 0 fully saturated rings. The van der Waals surface area contributed by atoms with Gasteiger partial charge in [-0.05, 0) is 32.0 Å². The minimum Gasteiger partial charge on any atom is -0.491 e. The van der Waals surface area contributed by atoms with Gasteiger partial charge in [-0.15, -0.1) is 0 Å². The van der Waals surface area contributed by atoms with Crippen molar-refractivity contribution < 1.29 is 14.3 Å². The summed E-state index contributed by atoms with van der Waals surface area (Å²) in [5, 5.41) is 0. The molecule has 14 heavy (non-hydrogen) atoms. The minimum absolute atomic E-state index is 0.0935. The fourth-order valence-electron chi connectivity index (χ4n) is 0.995. The summed E-state index contributed by atoms with van der Waals surface area (Å²) in [7, 11) is 0. The SMILES string of the molecule is CC(=O)Oc1c[c]cc(OC(C)C)c1. The summed E-state index contributed by atoms with van der Waals surface area (Å²) in [5.41, 5.74) is 0. The van der Waals surface area contributed by atoms with Crippen molar-refractivity contribution in [3.8, 4) is 11.5 Å². The van der Waals surface area contributed by atoms with Gasteiger partial charge in [0.1, 0.15) is 11.5 Å². The Morgan fingerprint density at radius 1 is 1.36 bits per heavy atom. The highest BCUT2D eigenvalue weighted by Crippen LogP contribution is 2.19. The van der Waals surface area contributed by atoms with E-state index in [0.29, 0.717) is 11.5 Å². The Hall–Kier alpha value is -1.51. The van der Waals surface area contributed by atoms with E-state index in [4.69, 9.17) is 9.47 Å². The average Bonchev–Trinajstić information content (AvgIpc) is 2.01. The third-order valence-electron chi connectivity index (χ3n) is 1.37. The normalized spacial score (nSPS) is 10.0. The molecule has 0 amide bonds. The first kappa shape index (κ1) is 10.6. The maximum absolute atomic E-state index is 10.7. The van der Waals surface area contributed by atoms with E-state index >= 15 is 0 Å². The lowest BCUT2D eigenvalue weighted by molar-refractivity contribution is -0.131. The molecular formula is C11H13O3. The molecule has 0 saturated carbocycles. The molecule has 1 rings (SSSR count). The van der Waals surface area contributed by atoms with E-state index in [1.807, 2.05) is 13.8 Å². The van der Waals surface area contributed by atoms with Crippen LogP contribution in [0.3, 0.4) is 0 Å². The fraction of sp³-hybridized carbons (Fsp3) is 0.364. The van der Waals surface area contributed by atoms with E-state index in [2.05, 4.69) is 6.07 Å². The third-order valence-corrected chi connectivity index (χ3v) is 1.37. The van der Waals surface area contributed by atoms with E-state index in [1.54, 1.807) is 18.2 Å². The van der Waals surface area contributed by atoms with E-state index in [9.17, 15) is 4.79 Å². The Bertz CT molecular complexity index is 318. The summed E-state index contributed by atoms with van der Waals surface area (Å²) >= 11 is 0. The van der Waals surface area contributed by atoms with Crippen molar-refractivity contribution >= 4 is 5.97 Å². The van der Waals surface area contributed by atoms with Gasteiger partial charge < -0.3 is 9.47 Å². The van der Waals surface area contributed by atoms with Gasteiger partial charge in [0.25, 0.3) is 0 Å². The van der Waals surface area contributed by atoms with Gasteiger partial charge in [0, 0.05) is 13.0 Å². The van der Waals surface area contributed by atoms with Gasteiger partial charge in [-0.2, -0.15) is 0 Å². The smallest absolute Gasteiger partial charge is 0.308 e. The number of ether oxygens (including phenoxy) is 2. The predicted octanol–water partition coefficient (Wildman–Crippen LogP) is 2.20. The maximum atomic E-state index is 10.7. The van der Waals surface area contributed by atoms with Crippen molar-refractivity contribution in [1.82, 2.24) is 0 Å². The quantitative estimate of drug-likeness (QED) is 0.545. The van der Waals surface area contributed by atoms with Gasteiger partial charge in [-0.3, -0.25) is 4.79 Å². The van der Waals surface area contributed by atoms with Gasteiger partial charge >= 0.3 is 5.97 Å². The minimum atomic E-state index is -0.347. The van der Waals surface area contributed by atoms with Crippen molar-refractivity contribution in [2.75, 3.05) is 0 Å². The van der Waals surface area contributed by atoms with Gasteiger partial charge in [0.05, 0.1) is 6.10 Å². The molecule has 0 unspecified atom stereocenters. The Morgan fingerprint density at radius 3 is 2.57 bits per heavy atom. The Kier molecular flexibility index (Phi) is 3.51. The molecular weight excluding hydrogens is 180 g/mol. The predicted molar refractivity (Wildman–Crippen MR) is 52.4 cm³/mol. The highest BCUT2D eigenvalue weighted by Gasteiger charge is 2.01. The topological polar surface area (TPSA) is 35.5 Å². The van der Waals surface area contributed by atoms with Crippen LogP contribution in [0, 0.1) is 6.07 Å². The van der Waals surface area contributed by atoms with Crippen molar-refractivity contribution in [2.24, 2.45) is 0 Å². The summed E-state index contributed by atoms with van der Waals surface area (Å²) in [6.45, 7) is 5.22. The zero-order valence-corrected chi connectivity index (χ0v) is 8.53. The number of benzene rings is 1. The van der Waals surface area contributed by atoms with E-state index in [0.717, 1.165) is 0 Å². The maximum Gasteiger partial charge on any atom is 0.308 e. The molecule has 75 valence electrons. The van der Waals surface area contributed by atoms with Crippen LogP contribution >= 0.6 is 0 Å². The number of carbonyl (C=O) groups is 1. The molecule has 0 aromatic heterocycles. The van der Waals surface area contributed by atoms with Crippen LogP contribution in [-0.4, -0.2) is 12.1 Å². The molecule has 3 heteroatoms. The van der Waals surface area contributed by atoms with E-state index < -0.39 is 0 Å². The zero-order chi connectivity index (χ0) is 10.6. The van der Waals surface area contributed by atoms with Gasteiger partial charge in [0.15, 0.2) is 0 Å². The van der Waals surface area contributed by atoms with Crippen LogP contribution in [0.4, 0.5) is 0 Å². The Morgan fingerprint density at radius 2 is 2.00 bits per heavy atom. The summed E-state index contributed by atoms with van der Waals surface area (Å²) in [6, 6.07) is 7.80. The van der Waals surface area contributed by atoms with Crippen molar-refractivity contribution in [3.05, 3.63) is 24.3 Å². The molecule has 0 aliphatic carbocycles. The molecule has 1 aromatic carbocycles. The van der Waals surface area contributed by atoms with Crippen LogP contribution in [0.1, 0.15) is 20.8 Å². The molecule has 3 nitrogen and oxygen atoms in total. The van der Waals surface area contributed by atoms with Crippen molar-refractivity contribution in [2.45, 2.75) is 26.9 Å². The Balaban J connectivity index is 2.73. The van der Waals surface area contributed by atoms with Crippen LogP contribution in [0.2, 0.25) is 0 Å². The first-order valence-electron chi connectivity index (χ1n) is 4.44. The molecule has 0 bridgehead atoms. The van der Waals surface area contributed by atoms with E-state index in [-0.39, 0.29) is 12.1 Å². The first-order valence-corrected chi connectivity index (χ1v) is 4.44. The Labute approximate surface area is 83.6 Å². The van der Waals surface area contributed by atoms with Gasteiger partial charge in [0.2, 0.25) is 0 Å². The summed E-state index contributed by atoms with van der Waals surface area (Å²) in [5.74, 6) is 0.759. The second-order valence-electron chi connectivity index (χ2n) is 3.16. The second-order valence-corrected chi connectivity index (χ2v) is 3.16. The molecule has 0 heterocycles. The highest BCUT2D eigenvalue weighted by atomic mass is 16.5. The van der Waals surface area contributed by atoms with Crippen LogP contribution in [-0.2, 0) is 4.79 Å². The molecule has 1 radical (unpaired) electrons. The number of rotatable bonds is 3. The number of hydrogen-bond donors (Lipinski definition) is 0. The molecule has 0 spiro atoms. The largest absolute Gasteiger partial charge is 0.491 e. The van der Waals surface area contributed by atoms with Crippen LogP contribution in [0.5, 0.6) is 11.5 Å². The summed E-state index contributed by atoms with van der Waals surface area (Å²) in [6.07, 6.45) is 0.0935. The van der Waals surface area contributed by atoms with Gasteiger partial charge in [-0.1, -0.05) is 0 Å². The molecule has 0 N–H and O–H groups in total. The fourth-order valence-corrected chi connectivity index (χ4v) is 0.995. The lowest BCUT2D eigenvalue weighted by atomic mass is 10.3. The van der Waals surface area contributed by atoms with Crippen molar-refractivity contribution in [1.29, 1.82) is 0 Å². The van der Waals surface area contributed by atoms with Crippen molar-refractivity contribution in [3.63, 3.8) is 0 Å². The summed E-state index contributed by atoms with van der Waals surface area (Å²) < 4.78 is 10.3. The average molecular weight is 193 g/mol. The van der Waals surface area contributed by atoms with Gasteiger partial charge in [-0.25, -0.2) is 0 Å². The zero-order valence-electron chi connectivity index (χ0n) is 8.53. The molecule has 0 aliphatic heterocycles. The lowest BCUT2D eigenvalue weighted by Crippen LogP contribution is -2.06. The molecule has 0 atom stereocenters. The third kappa shape index (κ3) is 3.47. The summed E-state index contributed by atoms with van der Waals surface area (Å²) in [4.78, 5) is 10.7. The number of carbonyl (C=O) groups excluding carboxylic acids is 1. The number of hydrogen-bond acceptors (Lipinski definition) is 3. The van der Waals surface area contributed by atoms with Crippen LogP contribution in [0.25, 0.3) is 0 Å². The number of esters is 1. The van der Waals surface area contributed by atoms with E-state index in [1.165, 1.54) is 6.92 Å². The molecule has 1 aromatic rings. The van der Waals surface area contributed by atoms with Crippen LogP contribution in [0.15, 0.2) is 18.2 Å². The van der Waals surface area contributed by atoms with Crippen LogP contribution < -0.4 is 9.47 Å². The standard InChI is InChI=1S/C11H13O3/c1-8(2)13-10-5-4-6-11(7-10)14-9(3)12/h5-8H,1-3H3. The second kappa shape index (κ2) is 4.65. The first-order chi connectivity index (χ1) is 6.58. The lowest BCUT2D eigenvalue weighted by Gasteiger charge is -2.10. The molecule has 0 aliphatic rings. The molecule has 0 saturated heterocycles. The monoisotopic (exact) mass is 193 g/mol. The highest BCUT2D eigenvalue weighted by molar-refractivity contribution is 5.69.